The second kappa shape index (κ2) is 9.64. The van der Waals surface area contributed by atoms with Crippen LogP contribution >= 0.6 is 0 Å². The second-order valence-corrected chi connectivity index (χ2v) is 8.28. The van der Waals surface area contributed by atoms with Gasteiger partial charge in [-0.15, -0.1) is 0 Å². The van der Waals surface area contributed by atoms with E-state index in [0.29, 0.717) is 5.71 Å². The summed E-state index contributed by atoms with van der Waals surface area (Å²) in [5.41, 5.74) is 4.98. The number of nitrogens with zero attached hydrogens (tertiary/aromatic N) is 2. The summed E-state index contributed by atoms with van der Waals surface area (Å²) in [6, 6.07) is 15.8. The average Bonchev–Trinajstić information content (AvgIpc) is 2.77. The molecule has 1 fully saturated rings. The molecule has 1 heterocycles. The zero-order chi connectivity index (χ0) is 20.7. The summed E-state index contributed by atoms with van der Waals surface area (Å²) in [6.07, 6.45) is 0. The van der Waals surface area contributed by atoms with Gasteiger partial charge in [-0.1, -0.05) is 30.3 Å². The minimum atomic E-state index is -3.73. The maximum atomic E-state index is 12.1. The fraction of sp³-hybridized carbons (Fsp3) is 0.300. The number of amides is 1. The van der Waals surface area contributed by atoms with Gasteiger partial charge in [-0.2, -0.15) is 5.10 Å². The Kier molecular flexibility index (Phi) is 6.97. The van der Waals surface area contributed by atoms with Gasteiger partial charge in [0.15, 0.2) is 0 Å². The van der Waals surface area contributed by atoms with Gasteiger partial charge in [-0.25, -0.2) is 18.6 Å². The molecule has 1 saturated heterocycles. The predicted molar refractivity (Wildman–Crippen MR) is 111 cm³/mol. The van der Waals surface area contributed by atoms with E-state index < -0.39 is 22.5 Å². The van der Waals surface area contributed by atoms with E-state index in [1.54, 1.807) is 25.1 Å². The van der Waals surface area contributed by atoms with Gasteiger partial charge in [0.25, 0.3) is 5.91 Å². The Morgan fingerprint density at radius 2 is 1.72 bits per heavy atom. The largest absolute Gasteiger partial charge is 0.378 e. The van der Waals surface area contributed by atoms with Crippen molar-refractivity contribution in [3.05, 3.63) is 60.2 Å². The monoisotopic (exact) mass is 416 g/mol. The van der Waals surface area contributed by atoms with E-state index >= 15 is 0 Å². The van der Waals surface area contributed by atoms with Crippen LogP contribution in [-0.2, 0) is 19.6 Å². The van der Waals surface area contributed by atoms with Gasteiger partial charge in [0.05, 0.1) is 30.4 Å². The summed E-state index contributed by atoms with van der Waals surface area (Å²) in [5.74, 6) is -0.547. The van der Waals surface area contributed by atoms with E-state index in [9.17, 15) is 13.2 Å². The van der Waals surface area contributed by atoms with Crippen LogP contribution < -0.4 is 15.0 Å². The lowest BCUT2D eigenvalue weighted by Crippen LogP contribution is -2.36. The molecule has 154 valence electrons. The number of hydrogen-bond acceptors (Lipinski definition) is 6. The molecule has 0 bridgehead atoms. The molecule has 0 unspecified atom stereocenters. The smallest absolute Gasteiger partial charge is 0.255 e. The highest BCUT2D eigenvalue weighted by Gasteiger charge is 2.15. The Labute approximate surface area is 170 Å². The molecule has 0 radical (unpaired) electrons. The molecule has 0 aromatic heterocycles. The van der Waals surface area contributed by atoms with Gasteiger partial charge in [0.1, 0.15) is 0 Å². The third-order valence-corrected chi connectivity index (χ3v) is 5.90. The van der Waals surface area contributed by atoms with E-state index in [4.69, 9.17) is 4.74 Å². The molecule has 1 aliphatic rings. The molecular weight excluding hydrogens is 392 g/mol. The highest BCUT2D eigenvalue weighted by Crippen LogP contribution is 2.17. The van der Waals surface area contributed by atoms with Crippen molar-refractivity contribution in [3.63, 3.8) is 0 Å². The summed E-state index contributed by atoms with van der Waals surface area (Å²) in [7, 11) is -3.73. The van der Waals surface area contributed by atoms with Crippen LogP contribution in [0, 0.1) is 0 Å². The summed E-state index contributed by atoms with van der Waals surface area (Å²) in [5, 5.41) is 4.06. The highest BCUT2D eigenvalue weighted by molar-refractivity contribution is 7.89. The van der Waals surface area contributed by atoms with Crippen LogP contribution in [0.2, 0.25) is 0 Å². The Hall–Kier alpha value is -2.75. The van der Waals surface area contributed by atoms with Crippen LogP contribution in [0.3, 0.4) is 0 Å². The summed E-state index contributed by atoms with van der Waals surface area (Å²) < 4.78 is 31.9. The van der Waals surface area contributed by atoms with Gasteiger partial charge in [0.2, 0.25) is 10.0 Å². The first kappa shape index (κ1) is 21.0. The number of hydrazone groups is 1. The molecule has 0 aliphatic carbocycles. The Morgan fingerprint density at radius 3 is 2.38 bits per heavy atom. The fourth-order valence-corrected chi connectivity index (χ4v) is 3.83. The van der Waals surface area contributed by atoms with Crippen LogP contribution in [0.5, 0.6) is 0 Å². The van der Waals surface area contributed by atoms with E-state index in [1.807, 2.05) is 24.3 Å². The number of nitrogens with one attached hydrogen (secondary N) is 2. The van der Waals surface area contributed by atoms with Gasteiger partial charge < -0.3 is 9.64 Å². The molecule has 3 rings (SSSR count). The van der Waals surface area contributed by atoms with Crippen LogP contribution in [0.15, 0.2) is 64.6 Å². The van der Waals surface area contributed by atoms with Crippen molar-refractivity contribution in [2.24, 2.45) is 5.10 Å². The Bertz CT molecular complexity index is 954. The number of ether oxygens (including phenoxy) is 1. The quantitative estimate of drug-likeness (QED) is 0.524. The lowest BCUT2D eigenvalue weighted by molar-refractivity contribution is -0.119. The van der Waals surface area contributed by atoms with Crippen molar-refractivity contribution in [1.29, 1.82) is 0 Å². The van der Waals surface area contributed by atoms with E-state index in [1.165, 1.54) is 12.1 Å². The van der Waals surface area contributed by atoms with Crippen LogP contribution in [0.25, 0.3) is 0 Å². The zero-order valence-corrected chi connectivity index (χ0v) is 17.0. The first-order valence-corrected chi connectivity index (χ1v) is 10.7. The number of benzene rings is 2. The first-order valence-electron chi connectivity index (χ1n) is 9.27. The van der Waals surface area contributed by atoms with Crippen LogP contribution in [0.4, 0.5) is 5.69 Å². The number of anilines is 1. The van der Waals surface area contributed by atoms with Gasteiger partial charge in [-0.05, 0) is 36.8 Å². The molecule has 8 nitrogen and oxygen atoms in total. The van der Waals surface area contributed by atoms with Crippen molar-refractivity contribution >= 4 is 27.3 Å². The number of morpholine rings is 1. The number of carbonyl (C=O) groups is 1. The van der Waals surface area contributed by atoms with Gasteiger partial charge >= 0.3 is 0 Å². The topological polar surface area (TPSA) is 100 Å². The molecular formula is C20H24N4O4S. The summed E-state index contributed by atoms with van der Waals surface area (Å²) in [6.45, 7) is 4.55. The van der Waals surface area contributed by atoms with Crippen LogP contribution in [0.1, 0.15) is 12.5 Å². The maximum Gasteiger partial charge on any atom is 0.255 e. The van der Waals surface area contributed by atoms with E-state index in [-0.39, 0.29) is 4.90 Å². The molecule has 1 aliphatic heterocycles. The predicted octanol–water partition coefficient (Wildman–Crippen LogP) is 1.34. The Morgan fingerprint density at radius 1 is 1.07 bits per heavy atom. The fourth-order valence-electron chi connectivity index (χ4n) is 2.83. The number of carbonyl (C=O) groups excluding carboxylic acids is 1. The molecule has 0 saturated carbocycles. The van der Waals surface area contributed by atoms with Crippen molar-refractivity contribution in [2.45, 2.75) is 11.8 Å². The maximum absolute atomic E-state index is 12.1. The van der Waals surface area contributed by atoms with E-state index in [2.05, 4.69) is 20.1 Å². The molecule has 9 heteroatoms. The summed E-state index contributed by atoms with van der Waals surface area (Å²) >= 11 is 0. The SMILES string of the molecule is C/C(=N/NC(=O)CNS(=O)(=O)c1ccccc1)c1ccc(N2CCOCC2)cc1. The molecule has 2 aromatic carbocycles. The molecule has 2 N–H and O–H groups in total. The molecule has 0 atom stereocenters. The van der Waals surface area contributed by atoms with E-state index in [0.717, 1.165) is 37.6 Å². The third kappa shape index (κ3) is 5.86. The molecule has 2 aromatic rings. The Balaban J connectivity index is 1.53. The van der Waals surface area contributed by atoms with Crippen molar-refractivity contribution in [2.75, 3.05) is 37.7 Å². The lowest BCUT2D eigenvalue weighted by atomic mass is 10.1. The number of hydrogen-bond donors (Lipinski definition) is 2. The average molecular weight is 417 g/mol. The number of rotatable bonds is 7. The standard InChI is InChI=1S/C20H24N4O4S/c1-16(17-7-9-18(10-8-17)24-11-13-28-14-12-24)22-23-20(25)15-21-29(26,27)19-5-3-2-4-6-19/h2-10,21H,11-15H2,1H3,(H,23,25)/b22-16-. The molecule has 29 heavy (non-hydrogen) atoms. The molecule has 1 amide bonds. The van der Waals surface area contributed by atoms with Crippen molar-refractivity contribution in [1.82, 2.24) is 10.1 Å². The minimum absolute atomic E-state index is 0.104. The normalized spacial score (nSPS) is 15.2. The minimum Gasteiger partial charge on any atom is -0.378 e. The van der Waals surface area contributed by atoms with Gasteiger partial charge in [0, 0.05) is 18.8 Å². The first-order chi connectivity index (χ1) is 14.0. The summed E-state index contributed by atoms with van der Waals surface area (Å²) in [4.78, 5) is 14.3. The third-order valence-electron chi connectivity index (χ3n) is 4.49. The van der Waals surface area contributed by atoms with Crippen molar-refractivity contribution in [3.8, 4) is 0 Å². The second-order valence-electron chi connectivity index (χ2n) is 6.52. The van der Waals surface area contributed by atoms with Gasteiger partial charge in [-0.3, -0.25) is 4.79 Å². The molecule has 0 spiro atoms. The van der Waals surface area contributed by atoms with Crippen molar-refractivity contribution < 1.29 is 17.9 Å². The van der Waals surface area contributed by atoms with Crippen LogP contribution in [-0.4, -0.2) is 52.9 Å². The number of sulfonamides is 1. The highest BCUT2D eigenvalue weighted by atomic mass is 32.2. The zero-order valence-electron chi connectivity index (χ0n) is 16.2. The lowest BCUT2D eigenvalue weighted by Gasteiger charge is -2.28.